The van der Waals surface area contributed by atoms with Crippen molar-refractivity contribution in [1.82, 2.24) is 4.98 Å². The summed E-state index contributed by atoms with van der Waals surface area (Å²) in [5.41, 5.74) is 3.59. The van der Waals surface area contributed by atoms with Crippen molar-refractivity contribution >= 4 is 16.6 Å². The summed E-state index contributed by atoms with van der Waals surface area (Å²) in [5, 5.41) is 11.8. The second kappa shape index (κ2) is 3.69. The van der Waals surface area contributed by atoms with Crippen molar-refractivity contribution in [2.24, 2.45) is 4.99 Å². The number of para-hydroxylation sites is 1. The molecular formula is C12H11N3O2. The molecule has 0 fully saturated rings. The third-order valence-corrected chi connectivity index (χ3v) is 3.05. The predicted molar refractivity (Wildman–Crippen MR) is 65.3 cm³/mol. The van der Waals surface area contributed by atoms with E-state index in [2.05, 4.69) is 9.98 Å². The second-order valence-corrected chi connectivity index (χ2v) is 4.09. The van der Waals surface area contributed by atoms with Crippen LogP contribution in [0, 0.1) is 10.1 Å². The van der Waals surface area contributed by atoms with Crippen molar-refractivity contribution in [3.05, 3.63) is 45.6 Å². The van der Waals surface area contributed by atoms with Crippen molar-refractivity contribution in [2.45, 2.75) is 6.42 Å². The van der Waals surface area contributed by atoms with E-state index in [9.17, 15) is 10.1 Å². The van der Waals surface area contributed by atoms with Crippen LogP contribution in [0.25, 0.3) is 10.9 Å². The first kappa shape index (κ1) is 10.0. The van der Waals surface area contributed by atoms with Crippen LogP contribution in [0.3, 0.4) is 0 Å². The summed E-state index contributed by atoms with van der Waals surface area (Å²) in [6.07, 6.45) is 0.848. The van der Waals surface area contributed by atoms with Crippen LogP contribution in [-0.4, -0.2) is 28.7 Å². The second-order valence-electron chi connectivity index (χ2n) is 4.09. The SMILES string of the molecule is O=[N+]([O-])CC1=NCCc2c1[nH]c1ccccc21. The van der Waals surface area contributed by atoms with Crippen LogP contribution >= 0.6 is 0 Å². The lowest BCUT2D eigenvalue weighted by molar-refractivity contribution is -0.463. The largest absolute Gasteiger partial charge is 0.353 e. The monoisotopic (exact) mass is 229 g/mol. The summed E-state index contributed by atoms with van der Waals surface area (Å²) in [7, 11) is 0. The van der Waals surface area contributed by atoms with Gasteiger partial charge in [-0.05, 0) is 18.1 Å². The van der Waals surface area contributed by atoms with Gasteiger partial charge in [-0.1, -0.05) is 18.2 Å². The molecule has 0 unspecified atom stereocenters. The van der Waals surface area contributed by atoms with Crippen LogP contribution < -0.4 is 0 Å². The van der Waals surface area contributed by atoms with E-state index in [1.54, 1.807) is 0 Å². The van der Waals surface area contributed by atoms with E-state index in [1.165, 1.54) is 0 Å². The van der Waals surface area contributed by atoms with E-state index in [-0.39, 0.29) is 11.5 Å². The zero-order chi connectivity index (χ0) is 11.8. The maximum absolute atomic E-state index is 10.6. The molecule has 1 aliphatic rings. The van der Waals surface area contributed by atoms with Gasteiger partial charge < -0.3 is 4.98 Å². The molecule has 0 bridgehead atoms. The standard InChI is InChI=1S/C12H11N3O2/c16-15(17)7-11-12-9(5-6-13-11)8-3-1-2-4-10(8)14-12/h1-4,14H,5-7H2. The topological polar surface area (TPSA) is 71.3 Å². The summed E-state index contributed by atoms with van der Waals surface area (Å²) >= 11 is 0. The molecule has 3 rings (SSSR count). The smallest absolute Gasteiger partial charge is 0.247 e. The normalized spacial score (nSPS) is 14.5. The third-order valence-electron chi connectivity index (χ3n) is 3.05. The van der Waals surface area contributed by atoms with Gasteiger partial charge in [-0.2, -0.15) is 0 Å². The molecule has 1 aliphatic heterocycles. The Morgan fingerprint density at radius 1 is 1.41 bits per heavy atom. The lowest BCUT2D eigenvalue weighted by atomic mass is 10.0. The molecule has 0 radical (unpaired) electrons. The molecule has 1 aromatic heterocycles. The van der Waals surface area contributed by atoms with Gasteiger partial charge in [0.05, 0.1) is 5.69 Å². The van der Waals surface area contributed by atoms with E-state index in [4.69, 9.17) is 0 Å². The van der Waals surface area contributed by atoms with E-state index < -0.39 is 0 Å². The molecule has 0 spiro atoms. The minimum atomic E-state index is -0.334. The van der Waals surface area contributed by atoms with Crippen LogP contribution in [-0.2, 0) is 6.42 Å². The molecule has 2 aromatic rings. The number of hydrogen-bond acceptors (Lipinski definition) is 3. The fraction of sp³-hybridized carbons (Fsp3) is 0.250. The number of aromatic nitrogens is 1. The van der Waals surface area contributed by atoms with Crippen LogP contribution in [0.15, 0.2) is 29.3 Å². The van der Waals surface area contributed by atoms with Gasteiger partial charge in [0.25, 0.3) is 0 Å². The van der Waals surface area contributed by atoms with Gasteiger partial charge in [0.15, 0.2) is 0 Å². The quantitative estimate of drug-likeness (QED) is 0.630. The summed E-state index contributed by atoms with van der Waals surface area (Å²) in [6, 6.07) is 7.96. The number of aromatic amines is 1. The van der Waals surface area contributed by atoms with Crippen molar-refractivity contribution in [3.63, 3.8) is 0 Å². The Hall–Kier alpha value is -2.17. The Kier molecular flexibility index (Phi) is 2.18. The van der Waals surface area contributed by atoms with Gasteiger partial charge in [-0.25, -0.2) is 0 Å². The van der Waals surface area contributed by atoms with Crippen molar-refractivity contribution in [3.8, 4) is 0 Å². The molecule has 0 aliphatic carbocycles. The maximum atomic E-state index is 10.6. The Morgan fingerprint density at radius 2 is 2.24 bits per heavy atom. The highest BCUT2D eigenvalue weighted by Crippen LogP contribution is 2.25. The molecule has 5 heteroatoms. The third kappa shape index (κ3) is 1.60. The highest BCUT2D eigenvalue weighted by atomic mass is 16.6. The van der Waals surface area contributed by atoms with E-state index in [0.29, 0.717) is 12.3 Å². The molecule has 0 atom stereocenters. The van der Waals surface area contributed by atoms with Crippen LogP contribution in [0.4, 0.5) is 0 Å². The fourth-order valence-electron chi connectivity index (χ4n) is 2.34. The molecule has 1 aromatic carbocycles. The van der Waals surface area contributed by atoms with Crippen LogP contribution in [0.1, 0.15) is 11.3 Å². The molecule has 1 N–H and O–H groups in total. The first-order chi connectivity index (χ1) is 8.25. The predicted octanol–water partition coefficient (Wildman–Crippen LogP) is 1.79. The number of H-pyrrole nitrogens is 1. The molecular weight excluding hydrogens is 218 g/mol. The van der Waals surface area contributed by atoms with Crippen LogP contribution in [0.5, 0.6) is 0 Å². The number of nitro groups is 1. The van der Waals surface area contributed by atoms with Crippen molar-refractivity contribution < 1.29 is 4.92 Å². The van der Waals surface area contributed by atoms with Crippen LogP contribution in [0.2, 0.25) is 0 Å². The highest BCUT2D eigenvalue weighted by Gasteiger charge is 2.22. The van der Waals surface area contributed by atoms with Gasteiger partial charge >= 0.3 is 0 Å². The number of benzene rings is 1. The lowest BCUT2D eigenvalue weighted by Gasteiger charge is -2.09. The van der Waals surface area contributed by atoms with Gasteiger partial charge in [0.2, 0.25) is 6.54 Å². The summed E-state index contributed by atoms with van der Waals surface area (Å²) in [6.45, 7) is 0.428. The summed E-state index contributed by atoms with van der Waals surface area (Å²) in [5.74, 6) is 0. The molecule has 17 heavy (non-hydrogen) atoms. The number of aliphatic imine (C=N–C) groups is 1. The van der Waals surface area contributed by atoms with E-state index in [0.717, 1.165) is 28.6 Å². The Balaban J connectivity index is 2.16. The zero-order valence-electron chi connectivity index (χ0n) is 9.14. The maximum Gasteiger partial charge on any atom is 0.247 e. The molecule has 5 nitrogen and oxygen atoms in total. The summed E-state index contributed by atoms with van der Waals surface area (Å²) in [4.78, 5) is 17.8. The van der Waals surface area contributed by atoms with Crippen molar-refractivity contribution in [1.29, 1.82) is 0 Å². The Labute approximate surface area is 97.3 Å². The lowest BCUT2D eigenvalue weighted by Crippen LogP contribution is -2.20. The molecule has 2 heterocycles. The van der Waals surface area contributed by atoms with E-state index in [1.807, 2.05) is 24.3 Å². The number of nitrogens with one attached hydrogen (secondary N) is 1. The minimum Gasteiger partial charge on any atom is -0.353 e. The summed E-state index contributed by atoms with van der Waals surface area (Å²) < 4.78 is 0. The molecule has 0 saturated carbocycles. The first-order valence-electron chi connectivity index (χ1n) is 5.51. The van der Waals surface area contributed by atoms with Crippen molar-refractivity contribution in [2.75, 3.05) is 13.1 Å². The number of hydrogen-bond donors (Lipinski definition) is 1. The number of rotatable bonds is 2. The minimum absolute atomic E-state index is 0.209. The fourth-order valence-corrected chi connectivity index (χ4v) is 2.34. The number of nitrogens with zero attached hydrogens (tertiary/aromatic N) is 2. The van der Waals surface area contributed by atoms with E-state index >= 15 is 0 Å². The number of fused-ring (bicyclic) bond motifs is 3. The van der Waals surface area contributed by atoms with Gasteiger partial charge in [-0.15, -0.1) is 0 Å². The Morgan fingerprint density at radius 3 is 3.06 bits per heavy atom. The zero-order valence-corrected chi connectivity index (χ0v) is 9.14. The van der Waals surface area contributed by atoms with Gasteiger partial charge in [-0.3, -0.25) is 15.1 Å². The average molecular weight is 229 g/mol. The molecule has 86 valence electrons. The highest BCUT2D eigenvalue weighted by molar-refractivity contribution is 6.06. The molecule has 0 amide bonds. The molecule has 0 saturated heterocycles. The van der Waals surface area contributed by atoms with Gasteiger partial charge in [0.1, 0.15) is 5.71 Å². The average Bonchev–Trinajstić information content (AvgIpc) is 2.68. The Bertz CT molecular complexity index is 628. The van der Waals surface area contributed by atoms with Gasteiger partial charge in [0, 0.05) is 22.4 Å². The first-order valence-corrected chi connectivity index (χ1v) is 5.51.